The van der Waals surface area contributed by atoms with Gasteiger partial charge in [0.15, 0.2) is 0 Å². The molecule has 4 N–H and O–H groups in total. The summed E-state index contributed by atoms with van der Waals surface area (Å²) in [6.07, 6.45) is 7.03. The number of likely N-dealkylation sites (tertiary alicyclic amines) is 2. The molecule has 3 aliphatic heterocycles. The summed E-state index contributed by atoms with van der Waals surface area (Å²) in [6, 6.07) is 3.11. The quantitative estimate of drug-likeness (QED) is 0.153. The summed E-state index contributed by atoms with van der Waals surface area (Å²) in [7, 11) is 0. The maximum absolute atomic E-state index is 15.3. The standard InChI is InChI=1S/C48H69N7O9/c1-46(2,3)36(28-55-37(56)24-47(4,5)25-38(55)57)51-44(62)52-40(48(6)19-10-7-11-20-48)43(61)54-27-33(64-45(63)53-21-18-30-12-8-9-13-31(30)26-53)23-35(54)41(59)50-34(22-29-14-15-29)39(58)42(60)49-32-16-17-32/h8-9,12-13,29,32-36,40H,7,10-11,14-28H2,1-6H3,(H,49,60)(H,50,59)(H2,51,52,62)/t33-,34?,35+,36-,40-/m1/s1. The van der Waals surface area contributed by atoms with Crippen molar-refractivity contribution >= 4 is 47.4 Å². The van der Waals surface area contributed by atoms with Crippen molar-refractivity contribution in [3.05, 3.63) is 35.4 Å². The molecule has 64 heavy (non-hydrogen) atoms. The lowest BCUT2D eigenvalue weighted by atomic mass is 9.70. The van der Waals surface area contributed by atoms with Gasteiger partial charge in [-0.3, -0.25) is 33.7 Å². The smallest absolute Gasteiger partial charge is 0.410 e. The number of carbonyl (C=O) groups is 8. The van der Waals surface area contributed by atoms with Crippen LogP contribution in [0.5, 0.6) is 0 Å². The molecule has 5 atom stereocenters. The second kappa shape index (κ2) is 18.8. The molecule has 5 fully saturated rings. The van der Waals surface area contributed by atoms with Gasteiger partial charge in [0.05, 0.1) is 18.6 Å². The van der Waals surface area contributed by atoms with Crippen molar-refractivity contribution in [2.24, 2.45) is 22.2 Å². The molecule has 0 bridgehead atoms. The number of amides is 8. The number of benzene rings is 1. The number of nitrogens with zero attached hydrogens (tertiary/aromatic N) is 3. The number of ether oxygens (including phenoxy) is 1. The van der Waals surface area contributed by atoms with Gasteiger partial charge in [-0.15, -0.1) is 0 Å². The summed E-state index contributed by atoms with van der Waals surface area (Å²) in [4.78, 5) is 115. The van der Waals surface area contributed by atoms with E-state index in [2.05, 4.69) is 21.3 Å². The van der Waals surface area contributed by atoms with Crippen LogP contribution in [0.25, 0.3) is 0 Å². The molecule has 350 valence electrons. The maximum Gasteiger partial charge on any atom is 0.410 e. The van der Waals surface area contributed by atoms with Crippen LogP contribution in [0.15, 0.2) is 24.3 Å². The molecule has 7 rings (SSSR count). The third-order valence-electron chi connectivity index (χ3n) is 14.3. The Morgan fingerprint density at radius 3 is 2.14 bits per heavy atom. The molecule has 16 heteroatoms. The van der Waals surface area contributed by atoms with E-state index in [1.165, 1.54) is 9.80 Å². The molecule has 1 aromatic rings. The first-order chi connectivity index (χ1) is 30.2. The molecule has 3 aliphatic carbocycles. The summed E-state index contributed by atoms with van der Waals surface area (Å²) >= 11 is 0. The van der Waals surface area contributed by atoms with Crippen molar-refractivity contribution in [3.63, 3.8) is 0 Å². The zero-order valence-electron chi connectivity index (χ0n) is 38.6. The lowest BCUT2D eigenvalue weighted by Crippen LogP contribution is -2.63. The van der Waals surface area contributed by atoms with E-state index in [0.29, 0.717) is 38.8 Å². The number of rotatable bonds is 14. The van der Waals surface area contributed by atoms with Crippen molar-refractivity contribution < 1.29 is 43.1 Å². The minimum absolute atomic E-state index is 0.0377. The molecule has 1 unspecified atom stereocenters. The number of hydrogen-bond acceptors (Lipinski definition) is 9. The van der Waals surface area contributed by atoms with Gasteiger partial charge in [0.1, 0.15) is 18.2 Å². The van der Waals surface area contributed by atoms with Crippen molar-refractivity contribution in [1.29, 1.82) is 0 Å². The Hall–Kier alpha value is -5.02. The van der Waals surface area contributed by atoms with Gasteiger partial charge in [0.25, 0.3) is 5.91 Å². The summed E-state index contributed by atoms with van der Waals surface area (Å²) < 4.78 is 6.09. The van der Waals surface area contributed by atoms with Crippen LogP contribution < -0.4 is 21.3 Å². The minimum Gasteiger partial charge on any atom is -0.444 e. The molecule has 16 nitrogen and oxygen atoms in total. The predicted octanol–water partition coefficient (Wildman–Crippen LogP) is 4.51. The Morgan fingerprint density at radius 2 is 1.52 bits per heavy atom. The van der Waals surface area contributed by atoms with Crippen LogP contribution in [-0.4, -0.2) is 118 Å². The van der Waals surface area contributed by atoms with Gasteiger partial charge in [0.2, 0.25) is 29.4 Å². The van der Waals surface area contributed by atoms with Gasteiger partial charge in [-0.25, -0.2) is 9.59 Å². The van der Waals surface area contributed by atoms with Crippen molar-refractivity contribution in [2.75, 3.05) is 19.6 Å². The van der Waals surface area contributed by atoms with Crippen LogP contribution in [0, 0.1) is 22.2 Å². The first-order valence-electron chi connectivity index (χ1n) is 23.6. The van der Waals surface area contributed by atoms with Gasteiger partial charge in [0, 0.05) is 44.9 Å². The molecule has 0 spiro atoms. The van der Waals surface area contributed by atoms with E-state index in [1.807, 2.05) is 65.8 Å². The summed E-state index contributed by atoms with van der Waals surface area (Å²) in [5.74, 6) is -3.06. The average Bonchev–Trinajstić information content (AvgIpc) is 4.18. The van der Waals surface area contributed by atoms with E-state index in [1.54, 1.807) is 4.90 Å². The Kier molecular flexibility index (Phi) is 13.8. The Balaban J connectivity index is 1.13. The number of nitrogens with one attached hydrogen (secondary N) is 4. The van der Waals surface area contributed by atoms with E-state index < -0.39 is 82.1 Å². The molecule has 8 amide bonds. The highest BCUT2D eigenvalue weighted by Gasteiger charge is 2.50. The SMILES string of the molecule is CC1(C)CC(=O)N(C[C@@H](NC(=O)N[C@H](C(=O)N2C[C@H](OC(=O)N3CCc4ccccc4C3)C[C@H]2C(=O)NC(CC2CC2)C(=O)C(=O)NC2CC2)C2(C)CCCCC2)C(C)(C)C)C(=O)C1. The topological polar surface area (TPSA) is 204 Å². The monoisotopic (exact) mass is 888 g/mol. The number of piperidine rings is 1. The summed E-state index contributed by atoms with van der Waals surface area (Å²) in [5.41, 5.74) is 0.385. The average molecular weight is 888 g/mol. The van der Waals surface area contributed by atoms with E-state index in [0.717, 1.165) is 56.1 Å². The van der Waals surface area contributed by atoms with Crippen LogP contribution in [-0.2, 0) is 46.5 Å². The fourth-order valence-corrected chi connectivity index (χ4v) is 9.88. The molecule has 2 saturated heterocycles. The van der Waals surface area contributed by atoms with E-state index in [-0.39, 0.29) is 56.1 Å². The summed E-state index contributed by atoms with van der Waals surface area (Å²) in [6.45, 7) is 12.1. The lowest BCUT2D eigenvalue weighted by Gasteiger charge is -2.43. The van der Waals surface area contributed by atoms with Gasteiger partial charge < -0.3 is 35.8 Å². The van der Waals surface area contributed by atoms with Crippen LogP contribution in [0.2, 0.25) is 0 Å². The first kappa shape index (κ1) is 47.0. The second-order valence-corrected chi connectivity index (χ2v) is 21.6. The third kappa shape index (κ3) is 11.4. The van der Waals surface area contributed by atoms with Gasteiger partial charge in [-0.2, -0.15) is 0 Å². The fourth-order valence-electron chi connectivity index (χ4n) is 9.88. The summed E-state index contributed by atoms with van der Waals surface area (Å²) in [5, 5.41) is 11.6. The molecular formula is C48H69N7O9. The highest BCUT2D eigenvalue weighted by molar-refractivity contribution is 6.38. The van der Waals surface area contributed by atoms with Crippen LogP contribution in [0.4, 0.5) is 9.59 Å². The zero-order chi connectivity index (χ0) is 46.1. The lowest BCUT2D eigenvalue weighted by molar-refractivity contribution is -0.153. The first-order valence-corrected chi connectivity index (χ1v) is 23.6. The number of carbonyl (C=O) groups excluding carboxylic acids is 8. The van der Waals surface area contributed by atoms with Crippen molar-refractivity contribution in [3.8, 4) is 0 Å². The van der Waals surface area contributed by atoms with Gasteiger partial charge in [-0.05, 0) is 71.8 Å². The fraction of sp³-hybridized carbons (Fsp3) is 0.708. The molecule has 0 aromatic heterocycles. The van der Waals surface area contributed by atoms with Crippen LogP contribution in [0.3, 0.4) is 0 Å². The van der Waals surface area contributed by atoms with Crippen LogP contribution >= 0.6 is 0 Å². The maximum atomic E-state index is 15.3. The zero-order valence-corrected chi connectivity index (χ0v) is 38.6. The highest BCUT2D eigenvalue weighted by Crippen LogP contribution is 2.41. The molecule has 3 heterocycles. The minimum atomic E-state index is -1.18. The molecular weight excluding hydrogens is 819 g/mol. The molecule has 6 aliphatic rings. The van der Waals surface area contributed by atoms with Crippen molar-refractivity contribution in [2.45, 2.75) is 174 Å². The third-order valence-corrected chi connectivity index (χ3v) is 14.3. The van der Waals surface area contributed by atoms with E-state index in [4.69, 9.17) is 4.74 Å². The number of Topliss-reactive ketones (excluding diaryl/α,β-unsaturated/α-hetero) is 1. The number of ketones is 1. The number of fused-ring (bicyclic) bond motifs is 1. The van der Waals surface area contributed by atoms with E-state index >= 15 is 4.79 Å². The Bertz CT molecular complexity index is 1980. The number of urea groups is 1. The molecule has 1 aromatic carbocycles. The van der Waals surface area contributed by atoms with Crippen LogP contribution in [0.1, 0.15) is 136 Å². The second-order valence-electron chi connectivity index (χ2n) is 21.6. The Morgan fingerprint density at radius 1 is 0.859 bits per heavy atom. The van der Waals surface area contributed by atoms with Gasteiger partial charge >= 0.3 is 12.1 Å². The normalized spacial score (nSPS) is 24.4. The molecule has 0 radical (unpaired) electrons. The Labute approximate surface area is 377 Å². The molecule has 3 saturated carbocycles. The number of imide groups is 1. The van der Waals surface area contributed by atoms with Crippen molar-refractivity contribution in [1.82, 2.24) is 36.0 Å². The highest BCUT2D eigenvalue weighted by atomic mass is 16.6. The van der Waals surface area contributed by atoms with Gasteiger partial charge in [-0.1, -0.05) is 97.9 Å². The van der Waals surface area contributed by atoms with E-state index in [9.17, 15) is 33.6 Å². The number of hydrogen-bond donors (Lipinski definition) is 4. The largest absolute Gasteiger partial charge is 0.444 e. The predicted molar refractivity (Wildman–Crippen MR) is 236 cm³/mol.